The zero-order chi connectivity index (χ0) is 13.0. The Balaban J connectivity index is 2.01. The van der Waals surface area contributed by atoms with Gasteiger partial charge in [-0.15, -0.1) is 0 Å². The molecular weight excluding hydrogens is 255 g/mol. The summed E-state index contributed by atoms with van der Waals surface area (Å²) in [6.45, 7) is 0.320. The minimum Gasteiger partial charge on any atom is -0.465 e. The molecule has 0 aliphatic heterocycles. The third kappa shape index (κ3) is 2.84. The summed E-state index contributed by atoms with van der Waals surface area (Å²) in [7, 11) is 1.31. The van der Waals surface area contributed by atoms with E-state index in [0.717, 1.165) is 0 Å². The smallest absolute Gasteiger partial charge is 0.349 e. The van der Waals surface area contributed by atoms with Crippen LogP contribution in [0.1, 0.15) is 15.2 Å². The number of rotatable bonds is 4. The molecule has 18 heavy (non-hydrogen) atoms. The number of carbonyl (C=O) groups is 1. The van der Waals surface area contributed by atoms with Crippen LogP contribution in [0.15, 0.2) is 30.5 Å². The molecule has 0 fully saturated rings. The number of hydrogen-bond acceptors (Lipinski definition) is 5. The molecule has 0 aliphatic rings. The van der Waals surface area contributed by atoms with Crippen molar-refractivity contribution in [2.45, 2.75) is 6.54 Å². The maximum Gasteiger partial charge on any atom is 0.349 e. The van der Waals surface area contributed by atoms with Gasteiger partial charge in [-0.1, -0.05) is 29.5 Å². The minimum absolute atomic E-state index is 0.269. The van der Waals surface area contributed by atoms with Crippen LogP contribution < -0.4 is 5.32 Å². The van der Waals surface area contributed by atoms with Gasteiger partial charge in [-0.3, -0.25) is 0 Å². The SMILES string of the molecule is COC(=O)c1cnc(NCc2ccccc2F)s1. The number of carbonyl (C=O) groups excluding carboxylic acids is 1. The predicted molar refractivity (Wildman–Crippen MR) is 67.2 cm³/mol. The van der Waals surface area contributed by atoms with Gasteiger partial charge in [0.25, 0.3) is 0 Å². The molecule has 0 saturated carbocycles. The second-order valence-corrected chi connectivity index (χ2v) is 4.50. The Morgan fingerprint density at radius 1 is 1.50 bits per heavy atom. The second kappa shape index (κ2) is 5.59. The van der Waals surface area contributed by atoms with Gasteiger partial charge in [0.05, 0.1) is 13.3 Å². The van der Waals surface area contributed by atoms with E-state index in [0.29, 0.717) is 22.1 Å². The number of aromatic nitrogens is 1. The third-order valence-corrected chi connectivity index (χ3v) is 3.22. The first-order chi connectivity index (χ1) is 8.70. The third-order valence-electron chi connectivity index (χ3n) is 2.28. The zero-order valence-corrected chi connectivity index (χ0v) is 10.5. The Hall–Kier alpha value is -1.95. The lowest BCUT2D eigenvalue weighted by molar-refractivity contribution is 0.0606. The van der Waals surface area contributed by atoms with Crippen molar-refractivity contribution >= 4 is 22.4 Å². The fourth-order valence-corrected chi connectivity index (χ4v) is 2.09. The lowest BCUT2D eigenvalue weighted by atomic mass is 10.2. The molecule has 0 bridgehead atoms. The molecule has 1 aromatic carbocycles. The van der Waals surface area contributed by atoms with Crippen LogP contribution in [0.4, 0.5) is 9.52 Å². The second-order valence-electron chi connectivity index (χ2n) is 3.47. The van der Waals surface area contributed by atoms with Gasteiger partial charge in [0, 0.05) is 12.1 Å². The first-order valence-electron chi connectivity index (χ1n) is 5.22. The van der Waals surface area contributed by atoms with Crippen LogP contribution >= 0.6 is 11.3 Å². The zero-order valence-electron chi connectivity index (χ0n) is 9.64. The average molecular weight is 266 g/mol. The number of hydrogen-bond donors (Lipinski definition) is 1. The minimum atomic E-state index is -0.425. The number of halogens is 1. The fraction of sp³-hybridized carbons (Fsp3) is 0.167. The van der Waals surface area contributed by atoms with E-state index in [1.165, 1.54) is 30.7 Å². The molecule has 2 rings (SSSR count). The first kappa shape index (κ1) is 12.5. The summed E-state index contributed by atoms with van der Waals surface area (Å²) in [5.41, 5.74) is 0.548. The number of nitrogens with one attached hydrogen (secondary N) is 1. The molecule has 0 amide bonds. The van der Waals surface area contributed by atoms with Crippen LogP contribution in [0.5, 0.6) is 0 Å². The molecule has 0 atom stereocenters. The quantitative estimate of drug-likeness (QED) is 0.864. The van der Waals surface area contributed by atoms with E-state index in [4.69, 9.17) is 0 Å². The largest absolute Gasteiger partial charge is 0.465 e. The Labute approximate surface area is 107 Å². The van der Waals surface area contributed by atoms with Crippen LogP contribution in [0.3, 0.4) is 0 Å². The van der Waals surface area contributed by atoms with E-state index in [9.17, 15) is 9.18 Å². The van der Waals surface area contributed by atoms with Gasteiger partial charge in [0.2, 0.25) is 0 Å². The summed E-state index contributed by atoms with van der Waals surface area (Å²) < 4.78 is 17.9. The van der Waals surface area contributed by atoms with Crippen molar-refractivity contribution in [3.63, 3.8) is 0 Å². The van der Waals surface area contributed by atoms with Crippen LogP contribution in [0, 0.1) is 5.82 Å². The topological polar surface area (TPSA) is 51.2 Å². The molecule has 4 nitrogen and oxygen atoms in total. The molecule has 0 aliphatic carbocycles. The fourth-order valence-electron chi connectivity index (χ4n) is 1.36. The summed E-state index contributed by atoms with van der Waals surface area (Å²) in [6.07, 6.45) is 1.43. The molecule has 1 N–H and O–H groups in total. The van der Waals surface area contributed by atoms with Crippen LogP contribution in [0.25, 0.3) is 0 Å². The summed E-state index contributed by atoms with van der Waals surface area (Å²) in [6, 6.07) is 6.50. The maximum atomic E-state index is 13.3. The molecule has 0 spiro atoms. The van der Waals surface area contributed by atoms with E-state index in [1.54, 1.807) is 18.2 Å². The van der Waals surface area contributed by atoms with Crippen LogP contribution in [0.2, 0.25) is 0 Å². The Morgan fingerprint density at radius 3 is 3.00 bits per heavy atom. The van der Waals surface area contributed by atoms with E-state index in [2.05, 4.69) is 15.0 Å². The molecule has 6 heteroatoms. The molecular formula is C12H11FN2O2S. The summed E-state index contributed by atoms with van der Waals surface area (Å²) in [5.74, 6) is -0.693. The average Bonchev–Trinajstić information content (AvgIpc) is 2.86. The maximum absolute atomic E-state index is 13.3. The van der Waals surface area contributed by atoms with Crippen molar-refractivity contribution < 1.29 is 13.9 Å². The monoisotopic (exact) mass is 266 g/mol. The van der Waals surface area contributed by atoms with E-state index < -0.39 is 5.97 Å². The standard InChI is InChI=1S/C12H11FN2O2S/c1-17-11(16)10-7-15-12(18-10)14-6-8-4-2-3-5-9(8)13/h2-5,7H,6H2,1H3,(H,14,15). The Kier molecular flexibility index (Phi) is 3.88. The Bertz CT molecular complexity index is 557. The van der Waals surface area contributed by atoms with Gasteiger partial charge in [-0.25, -0.2) is 14.2 Å². The Morgan fingerprint density at radius 2 is 2.28 bits per heavy atom. The number of thiazole rings is 1. The molecule has 1 heterocycles. The van der Waals surface area contributed by atoms with E-state index in [1.807, 2.05) is 0 Å². The number of benzene rings is 1. The number of ether oxygens (including phenoxy) is 1. The molecule has 0 unspecified atom stereocenters. The summed E-state index contributed by atoms with van der Waals surface area (Å²) in [5, 5.41) is 3.52. The highest BCUT2D eigenvalue weighted by molar-refractivity contribution is 7.17. The highest BCUT2D eigenvalue weighted by Crippen LogP contribution is 2.19. The van der Waals surface area contributed by atoms with Crippen molar-refractivity contribution in [3.8, 4) is 0 Å². The van der Waals surface area contributed by atoms with Crippen molar-refractivity contribution in [3.05, 3.63) is 46.7 Å². The van der Waals surface area contributed by atoms with E-state index in [-0.39, 0.29) is 5.82 Å². The normalized spacial score (nSPS) is 10.1. The molecule has 2 aromatic rings. The highest BCUT2D eigenvalue weighted by Gasteiger charge is 2.10. The van der Waals surface area contributed by atoms with Crippen molar-refractivity contribution in [2.24, 2.45) is 0 Å². The van der Waals surface area contributed by atoms with Gasteiger partial charge in [-0.05, 0) is 6.07 Å². The molecule has 1 aromatic heterocycles. The van der Waals surface area contributed by atoms with Crippen molar-refractivity contribution in [1.29, 1.82) is 0 Å². The van der Waals surface area contributed by atoms with Crippen LogP contribution in [-0.4, -0.2) is 18.1 Å². The summed E-state index contributed by atoms with van der Waals surface area (Å²) in [4.78, 5) is 15.6. The van der Waals surface area contributed by atoms with E-state index >= 15 is 0 Å². The number of methoxy groups -OCH3 is 1. The van der Waals surface area contributed by atoms with Gasteiger partial charge in [0.1, 0.15) is 10.7 Å². The molecule has 0 radical (unpaired) electrons. The van der Waals surface area contributed by atoms with Gasteiger partial charge >= 0.3 is 5.97 Å². The van der Waals surface area contributed by atoms with Gasteiger partial charge in [0.15, 0.2) is 5.13 Å². The van der Waals surface area contributed by atoms with Gasteiger partial charge in [-0.2, -0.15) is 0 Å². The number of nitrogens with zero attached hydrogens (tertiary/aromatic N) is 1. The van der Waals surface area contributed by atoms with Crippen molar-refractivity contribution in [1.82, 2.24) is 4.98 Å². The predicted octanol–water partition coefficient (Wildman–Crippen LogP) is 2.68. The lowest BCUT2D eigenvalue weighted by Gasteiger charge is -2.03. The van der Waals surface area contributed by atoms with Gasteiger partial charge < -0.3 is 10.1 Å². The van der Waals surface area contributed by atoms with Crippen molar-refractivity contribution in [2.75, 3.05) is 12.4 Å². The molecule has 94 valence electrons. The number of anilines is 1. The molecule has 0 saturated heterocycles. The summed E-state index contributed by atoms with van der Waals surface area (Å²) >= 11 is 1.17. The first-order valence-corrected chi connectivity index (χ1v) is 6.04. The van der Waals surface area contributed by atoms with Crippen LogP contribution in [-0.2, 0) is 11.3 Å². The highest BCUT2D eigenvalue weighted by atomic mass is 32.1. The lowest BCUT2D eigenvalue weighted by Crippen LogP contribution is -2.00. The number of esters is 1.